The van der Waals surface area contributed by atoms with Crippen LogP contribution >= 0.6 is 0 Å². The molecule has 1 spiro atoms. The molecular formula is C31H34N2O4. The van der Waals surface area contributed by atoms with Gasteiger partial charge in [-0.15, -0.1) is 6.58 Å². The topological polar surface area (TPSA) is 73.2 Å². The van der Waals surface area contributed by atoms with Crippen molar-refractivity contribution in [3.8, 4) is 23.3 Å². The number of aliphatic hydroxyl groups is 1. The summed E-state index contributed by atoms with van der Waals surface area (Å²) in [5, 5.41) is 23.4. The highest BCUT2D eigenvalue weighted by Gasteiger charge is 2.74. The molecule has 1 saturated carbocycles. The molecule has 37 heavy (non-hydrogen) atoms. The molecule has 2 fully saturated rings. The van der Waals surface area contributed by atoms with E-state index in [-0.39, 0.29) is 29.7 Å². The maximum atomic E-state index is 13.4. The summed E-state index contributed by atoms with van der Waals surface area (Å²) in [5.74, 6) is 6.10. The second-order valence-electron chi connectivity index (χ2n) is 11.3. The molecule has 1 amide bonds. The van der Waals surface area contributed by atoms with Crippen molar-refractivity contribution in [1.29, 1.82) is 0 Å². The van der Waals surface area contributed by atoms with E-state index in [1.165, 1.54) is 0 Å². The van der Waals surface area contributed by atoms with Crippen LogP contribution in [-0.2, 0) is 16.6 Å². The number of amides is 1. The highest BCUT2D eigenvalue weighted by molar-refractivity contribution is 5.94. The first kappa shape index (κ1) is 24.1. The number of carbonyl (C=O) groups is 1. The first-order valence-corrected chi connectivity index (χ1v) is 13.2. The first-order valence-electron chi connectivity index (χ1n) is 13.2. The number of aryl methyl sites for hydroxylation is 1. The fraction of sp³-hybridized carbons (Fsp3) is 0.452. The number of aromatic hydroxyl groups is 1. The maximum absolute atomic E-state index is 13.4. The lowest BCUT2D eigenvalue weighted by molar-refractivity contribution is -0.210. The quantitative estimate of drug-likeness (QED) is 0.503. The minimum atomic E-state index is -1.04. The Labute approximate surface area is 218 Å². The maximum Gasteiger partial charge on any atom is 0.298 e. The van der Waals surface area contributed by atoms with Gasteiger partial charge < -0.3 is 19.8 Å². The van der Waals surface area contributed by atoms with Crippen LogP contribution in [0.4, 0.5) is 0 Å². The van der Waals surface area contributed by atoms with Crippen molar-refractivity contribution in [3.63, 3.8) is 0 Å². The van der Waals surface area contributed by atoms with Gasteiger partial charge in [0.2, 0.25) is 0 Å². The number of phenolic OH excluding ortho intramolecular Hbond substituents is 1. The molecule has 6 atom stereocenters. The van der Waals surface area contributed by atoms with Crippen molar-refractivity contribution in [2.75, 3.05) is 20.1 Å². The normalized spacial score (nSPS) is 33.0. The van der Waals surface area contributed by atoms with Crippen molar-refractivity contribution in [1.82, 2.24) is 9.80 Å². The molecule has 192 valence electrons. The van der Waals surface area contributed by atoms with Crippen LogP contribution < -0.4 is 4.74 Å². The molecule has 0 radical (unpaired) electrons. The fourth-order valence-electron chi connectivity index (χ4n) is 7.92. The van der Waals surface area contributed by atoms with Crippen LogP contribution in [0.15, 0.2) is 49.1 Å². The zero-order chi connectivity index (χ0) is 26.1. The number of hydrogen-bond acceptors (Lipinski definition) is 5. The van der Waals surface area contributed by atoms with E-state index in [1.54, 1.807) is 18.0 Å². The van der Waals surface area contributed by atoms with Crippen molar-refractivity contribution in [2.24, 2.45) is 5.92 Å². The minimum Gasteiger partial charge on any atom is -0.504 e. The number of hydrogen-bond donors (Lipinski definition) is 2. The third kappa shape index (κ3) is 3.24. The summed E-state index contributed by atoms with van der Waals surface area (Å²) in [6.45, 7) is 9.53. The predicted molar refractivity (Wildman–Crippen MR) is 141 cm³/mol. The van der Waals surface area contributed by atoms with E-state index in [4.69, 9.17) is 4.74 Å². The number of benzene rings is 2. The molecule has 2 aliphatic heterocycles. The molecule has 2 aromatic rings. The van der Waals surface area contributed by atoms with E-state index < -0.39 is 17.1 Å². The summed E-state index contributed by atoms with van der Waals surface area (Å²) in [4.78, 5) is 17.4. The van der Waals surface area contributed by atoms with Crippen LogP contribution in [0, 0.1) is 24.7 Å². The number of ether oxygens (including phenoxy) is 1. The number of likely N-dealkylation sites (tertiary alicyclic amines) is 1. The van der Waals surface area contributed by atoms with Crippen molar-refractivity contribution < 1.29 is 19.7 Å². The lowest BCUT2D eigenvalue weighted by atomic mass is 9.46. The first-order chi connectivity index (χ1) is 17.7. The van der Waals surface area contributed by atoms with E-state index in [0.29, 0.717) is 31.6 Å². The van der Waals surface area contributed by atoms with Gasteiger partial charge in [-0.2, -0.15) is 0 Å². The lowest BCUT2D eigenvalue weighted by Crippen LogP contribution is -2.79. The molecule has 2 aliphatic carbocycles. The smallest absolute Gasteiger partial charge is 0.298 e. The van der Waals surface area contributed by atoms with Crippen LogP contribution in [-0.4, -0.2) is 69.8 Å². The van der Waals surface area contributed by atoms with Gasteiger partial charge in [-0.3, -0.25) is 9.69 Å². The van der Waals surface area contributed by atoms with Gasteiger partial charge in [-0.05, 0) is 68.0 Å². The third-order valence-corrected chi connectivity index (χ3v) is 9.36. The second kappa shape index (κ2) is 8.37. The zero-order valence-electron chi connectivity index (χ0n) is 21.7. The fourth-order valence-corrected chi connectivity index (χ4v) is 7.92. The summed E-state index contributed by atoms with van der Waals surface area (Å²) in [7, 11) is 1.79. The van der Waals surface area contributed by atoms with E-state index in [1.807, 2.05) is 43.3 Å². The molecule has 0 aromatic heterocycles. The van der Waals surface area contributed by atoms with E-state index >= 15 is 0 Å². The van der Waals surface area contributed by atoms with Crippen LogP contribution in [0.2, 0.25) is 0 Å². The van der Waals surface area contributed by atoms with Gasteiger partial charge >= 0.3 is 0 Å². The molecule has 6 rings (SSSR count). The number of rotatable bonds is 3. The molecule has 2 aromatic carbocycles. The Morgan fingerprint density at radius 3 is 2.92 bits per heavy atom. The van der Waals surface area contributed by atoms with Crippen molar-refractivity contribution in [2.45, 2.75) is 62.3 Å². The molecule has 1 saturated heterocycles. The predicted octanol–water partition coefficient (Wildman–Crippen LogP) is 3.17. The Morgan fingerprint density at radius 2 is 2.16 bits per heavy atom. The van der Waals surface area contributed by atoms with Crippen molar-refractivity contribution >= 4 is 5.91 Å². The molecule has 4 aliphatic rings. The summed E-state index contributed by atoms with van der Waals surface area (Å²) >= 11 is 0. The van der Waals surface area contributed by atoms with Gasteiger partial charge in [-0.1, -0.05) is 37.1 Å². The molecule has 0 unspecified atom stereocenters. The molecule has 2 N–H and O–H groups in total. The Kier molecular flexibility index (Phi) is 5.45. The van der Waals surface area contributed by atoms with E-state index in [9.17, 15) is 15.0 Å². The number of carbonyl (C=O) groups excluding carboxylic acids is 1. The number of nitrogens with zero attached hydrogens (tertiary/aromatic N) is 2. The van der Waals surface area contributed by atoms with Crippen LogP contribution in [0.5, 0.6) is 11.5 Å². The average molecular weight is 499 g/mol. The van der Waals surface area contributed by atoms with Crippen LogP contribution in [0.1, 0.15) is 42.0 Å². The SMILES string of the molecule is C=CCN1CC[C@]23c4c5ccc(O)c4O[C@H]2[C@H](N(C)C(=O)C#Cc2cccc(C)c2)[C@H](C)C[C@@]3(O)[C@H]1C5. The van der Waals surface area contributed by atoms with Crippen molar-refractivity contribution in [3.05, 3.63) is 71.3 Å². The van der Waals surface area contributed by atoms with E-state index in [0.717, 1.165) is 28.8 Å². The average Bonchev–Trinajstić information content (AvgIpc) is 3.20. The molecule has 2 bridgehead atoms. The Hall–Kier alpha value is -3.27. The van der Waals surface area contributed by atoms with Gasteiger partial charge in [-0.25, -0.2) is 0 Å². The Morgan fingerprint density at radius 1 is 1.35 bits per heavy atom. The molecule has 2 heterocycles. The minimum absolute atomic E-state index is 0.0398. The summed E-state index contributed by atoms with van der Waals surface area (Å²) in [5.41, 5.74) is 2.20. The molecular weight excluding hydrogens is 464 g/mol. The highest BCUT2D eigenvalue weighted by Crippen LogP contribution is 2.66. The standard InChI is InChI=1S/C31H34N2O4/c1-5-14-33-15-13-30-26-22-10-11-23(34)28(26)37-29(30)27(20(3)18-31(30,36)24(33)17-22)32(4)25(35)12-9-21-8-6-7-19(2)16-21/h5-8,10-11,16,20,24,27,29,34,36H,1,13-15,17-18H2,2-4H3/t20-,24-,27-,29+,30+,31-/m1/s1. The highest BCUT2D eigenvalue weighted by atomic mass is 16.5. The summed E-state index contributed by atoms with van der Waals surface area (Å²) < 4.78 is 6.61. The number of phenols is 1. The molecule has 6 nitrogen and oxygen atoms in total. The van der Waals surface area contributed by atoms with Gasteiger partial charge in [0.25, 0.3) is 5.91 Å². The van der Waals surface area contributed by atoms with Crippen LogP contribution in [0.3, 0.4) is 0 Å². The van der Waals surface area contributed by atoms with E-state index in [2.05, 4.69) is 30.2 Å². The summed E-state index contributed by atoms with van der Waals surface area (Å²) in [6.07, 6.45) is 3.33. The lowest BCUT2D eigenvalue weighted by Gasteiger charge is -2.65. The van der Waals surface area contributed by atoms with Gasteiger partial charge in [0.15, 0.2) is 11.5 Å². The Bertz CT molecular complexity index is 1360. The van der Waals surface area contributed by atoms with Crippen LogP contribution in [0.25, 0.3) is 0 Å². The monoisotopic (exact) mass is 498 g/mol. The summed E-state index contributed by atoms with van der Waals surface area (Å²) in [6, 6.07) is 11.1. The van der Waals surface area contributed by atoms with Gasteiger partial charge in [0, 0.05) is 36.7 Å². The number of likely N-dealkylation sites (N-methyl/N-ethyl adjacent to an activating group) is 1. The largest absolute Gasteiger partial charge is 0.504 e. The van der Waals surface area contributed by atoms with Gasteiger partial charge in [0.1, 0.15) is 6.10 Å². The Balaban J connectivity index is 1.43. The number of piperidine rings is 1. The second-order valence-corrected chi connectivity index (χ2v) is 11.3. The zero-order valence-corrected chi connectivity index (χ0v) is 21.7. The van der Waals surface area contributed by atoms with Gasteiger partial charge in [0.05, 0.1) is 17.1 Å². The third-order valence-electron chi connectivity index (χ3n) is 9.36. The molecule has 6 heteroatoms.